The van der Waals surface area contributed by atoms with E-state index in [2.05, 4.69) is 55.1 Å². The molecule has 24 heavy (non-hydrogen) atoms. The van der Waals surface area contributed by atoms with Gasteiger partial charge < -0.3 is 4.90 Å². The normalized spacial score (nSPS) is 11.3. The molecule has 0 amide bonds. The summed E-state index contributed by atoms with van der Waals surface area (Å²) in [5.74, 6) is 1.85. The van der Waals surface area contributed by atoms with Crippen molar-refractivity contribution in [2.45, 2.75) is 19.9 Å². The maximum Gasteiger partial charge on any atom is 0.135 e. The summed E-state index contributed by atoms with van der Waals surface area (Å²) < 4.78 is 0. The van der Waals surface area contributed by atoms with Crippen molar-refractivity contribution < 1.29 is 0 Å². The van der Waals surface area contributed by atoms with Gasteiger partial charge in [0.25, 0.3) is 0 Å². The third kappa shape index (κ3) is 2.58. The molecule has 0 spiro atoms. The first-order valence-electron chi connectivity index (χ1n) is 8.23. The molecule has 0 bridgehead atoms. The van der Waals surface area contributed by atoms with Crippen LogP contribution in [0.1, 0.15) is 13.8 Å². The second-order valence-electron chi connectivity index (χ2n) is 6.19. The van der Waals surface area contributed by atoms with Crippen LogP contribution in [0.2, 0.25) is 0 Å². The Bertz CT molecular complexity index is 928. The van der Waals surface area contributed by atoms with Gasteiger partial charge in [-0.15, -0.1) is 0 Å². The first-order valence-corrected chi connectivity index (χ1v) is 8.23. The highest BCUT2D eigenvalue weighted by Crippen LogP contribution is 2.28. The molecule has 3 heteroatoms. The van der Waals surface area contributed by atoms with E-state index in [-0.39, 0.29) is 6.04 Å². The van der Waals surface area contributed by atoms with E-state index in [4.69, 9.17) is 9.97 Å². The van der Waals surface area contributed by atoms with Crippen LogP contribution >= 0.6 is 0 Å². The van der Waals surface area contributed by atoms with Gasteiger partial charge in [-0.3, -0.25) is 0 Å². The van der Waals surface area contributed by atoms with Crippen molar-refractivity contribution in [3.05, 3.63) is 72.8 Å². The Kier molecular flexibility index (Phi) is 3.62. The molecule has 0 aliphatic rings. The number of anilines is 2. The Balaban J connectivity index is 1.85. The van der Waals surface area contributed by atoms with Gasteiger partial charge in [0.15, 0.2) is 0 Å². The van der Waals surface area contributed by atoms with Crippen LogP contribution in [0.4, 0.5) is 11.6 Å². The molecular formula is C21H19N3. The summed E-state index contributed by atoms with van der Waals surface area (Å²) in [6, 6.07) is 25.0. The second-order valence-corrected chi connectivity index (χ2v) is 6.19. The number of hydrogen-bond donors (Lipinski definition) is 0. The summed E-state index contributed by atoms with van der Waals surface area (Å²) in [6.45, 7) is 4.32. The van der Waals surface area contributed by atoms with Crippen LogP contribution in [0.25, 0.3) is 21.8 Å². The van der Waals surface area contributed by atoms with Crippen molar-refractivity contribution in [2.24, 2.45) is 0 Å². The molecule has 0 N–H and O–H groups in total. The van der Waals surface area contributed by atoms with E-state index in [0.29, 0.717) is 0 Å². The molecule has 4 rings (SSSR count). The van der Waals surface area contributed by atoms with Crippen LogP contribution in [0, 0.1) is 0 Å². The number of pyridine rings is 2. The van der Waals surface area contributed by atoms with E-state index in [1.807, 2.05) is 36.4 Å². The zero-order chi connectivity index (χ0) is 16.5. The van der Waals surface area contributed by atoms with Crippen LogP contribution in [0.15, 0.2) is 72.8 Å². The highest BCUT2D eigenvalue weighted by molar-refractivity contribution is 5.83. The number of para-hydroxylation sites is 2. The van der Waals surface area contributed by atoms with E-state index < -0.39 is 0 Å². The molecule has 4 aromatic rings. The van der Waals surface area contributed by atoms with Gasteiger partial charge in [0.05, 0.1) is 11.0 Å². The van der Waals surface area contributed by atoms with Gasteiger partial charge in [-0.25, -0.2) is 9.97 Å². The van der Waals surface area contributed by atoms with Gasteiger partial charge in [-0.1, -0.05) is 36.4 Å². The summed E-state index contributed by atoms with van der Waals surface area (Å²) >= 11 is 0. The lowest BCUT2D eigenvalue weighted by Gasteiger charge is -2.27. The molecule has 3 nitrogen and oxygen atoms in total. The minimum Gasteiger partial charge on any atom is -0.308 e. The Morgan fingerprint density at radius 1 is 0.625 bits per heavy atom. The SMILES string of the molecule is CC(C)N(c1ccc2ccccc2n1)c1ccc2ccccc2n1. The molecule has 0 aliphatic carbocycles. The molecule has 2 aromatic carbocycles. The van der Waals surface area contributed by atoms with E-state index >= 15 is 0 Å². The summed E-state index contributed by atoms with van der Waals surface area (Å²) in [7, 11) is 0. The molecule has 0 fully saturated rings. The Hall–Kier alpha value is -2.94. The van der Waals surface area contributed by atoms with Crippen LogP contribution in [0.5, 0.6) is 0 Å². The van der Waals surface area contributed by atoms with Crippen molar-refractivity contribution in [3.8, 4) is 0 Å². The molecule has 2 heterocycles. The predicted octanol–water partition coefficient (Wildman–Crippen LogP) is 5.33. The highest BCUT2D eigenvalue weighted by Gasteiger charge is 2.16. The van der Waals surface area contributed by atoms with E-state index in [0.717, 1.165) is 33.4 Å². The topological polar surface area (TPSA) is 29.0 Å². The second kappa shape index (κ2) is 5.93. The van der Waals surface area contributed by atoms with Crippen molar-refractivity contribution >= 4 is 33.4 Å². The number of fused-ring (bicyclic) bond motifs is 2. The minimum absolute atomic E-state index is 0.257. The fourth-order valence-corrected chi connectivity index (χ4v) is 3.03. The highest BCUT2D eigenvalue weighted by atomic mass is 15.3. The van der Waals surface area contributed by atoms with Gasteiger partial charge in [0.2, 0.25) is 0 Å². The smallest absolute Gasteiger partial charge is 0.135 e. The lowest BCUT2D eigenvalue weighted by Crippen LogP contribution is -2.27. The van der Waals surface area contributed by atoms with Gasteiger partial charge in [0.1, 0.15) is 11.6 Å². The van der Waals surface area contributed by atoms with E-state index in [1.165, 1.54) is 0 Å². The monoisotopic (exact) mass is 313 g/mol. The molecule has 0 saturated heterocycles. The predicted molar refractivity (Wildman–Crippen MR) is 101 cm³/mol. The number of benzene rings is 2. The molecule has 0 atom stereocenters. The average molecular weight is 313 g/mol. The number of rotatable bonds is 3. The van der Waals surface area contributed by atoms with Crippen LogP contribution in [0.3, 0.4) is 0 Å². The zero-order valence-corrected chi connectivity index (χ0v) is 13.8. The number of nitrogens with zero attached hydrogens (tertiary/aromatic N) is 3. The lowest BCUT2D eigenvalue weighted by molar-refractivity contribution is 0.770. The van der Waals surface area contributed by atoms with Gasteiger partial charge in [0, 0.05) is 16.8 Å². The molecule has 0 aliphatic heterocycles. The van der Waals surface area contributed by atoms with Crippen LogP contribution in [-0.2, 0) is 0 Å². The third-order valence-corrected chi connectivity index (χ3v) is 4.18. The lowest BCUT2D eigenvalue weighted by atomic mass is 10.2. The summed E-state index contributed by atoms with van der Waals surface area (Å²) in [5, 5.41) is 2.30. The Morgan fingerprint density at radius 3 is 1.54 bits per heavy atom. The van der Waals surface area contributed by atoms with Crippen LogP contribution < -0.4 is 4.90 Å². The first-order chi connectivity index (χ1) is 11.7. The fraction of sp³-hybridized carbons (Fsp3) is 0.143. The van der Waals surface area contributed by atoms with E-state index in [9.17, 15) is 0 Å². The summed E-state index contributed by atoms with van der Waals surface area (Å²) in [5.41, 5.74) is 2.00. The van der Waals surface area contributed by atoms with Crippen molar-refractivity contribution in [3.63, 3.8) is 0 Å². The Labute approximate surface area is 141 Å². The van der Waals surface area contributed by atoms with Crippen molar-refractivity contribution in [2.75, 3.05) is 4.90 Å². The minimum atomic E-state index is 0.257. The summed E-state index contributed by atoms with van der Waals surface area (Å²) in [6.07, 6.45) is 0. The maximum atomic E-state index is 4.84. The van der Waals surface area contributed by atoms with Crippen molar-refractivity contribution in [1.29, 1.82) is 0 Å². The maximum absolute atomic E-state index is 4.84. The summed E-state index contributed by atoms with van der Waals surface area (Å²) in [4.78, 5) is 11.9. The molecule has 0 saturated carbocycles. The van der Waals surface area contributed by atoms with Gasteiger partial charge >= 0.3 is 0 Å². The molecule has 118 valence electrons. The van der Waals surface area contributed by atoms with Crippen LogP contribution in [-0.4, -0.2) is 16.0 Å². The first kappa shape index (κ1) is 14.6. The number of hydrogen-bond acceptors (Lipinski definition) is 3. The van der Waals surface area contributed by atoms with E-state index in [1.54, 1.807) is 0 Å². The number of aromatic nitrogens is 2. The quantitative estimate of drug-likeness (QED) is 0.512. The zero-order valence-electron chi connectivity index (χ0n) is 13.8. The standard InChI is InChI=1S/C21H19N3/c1-15(2)24(20-13-11-16-7-3-5-9-18(16)22-20)21-14-12-17-8-4-6-10-19(17)23-21/h3-15H,1-2H3. The fourth-order valence-electron chi connectivity index (χ4n) is 3.03. The molecule has 0 unspecified atom stereocenters. The van der Waals surface area contributed by atoms with Gasteiger partial charge in [-0.2, -0.15) is 0 Å². The molecule has 0 radical (unpaired) electrons. The van der Waals surface area contributed by atoms with Gasteiger partial charge in [-0.05, 0) is 50.2 Å². The third-order valence-electron chi connectivity index (χ3n) is 4.18. The average Bonchev–Trinajstić information content (AvgIpc) is 2.61. The molecular weight excluding hydrogens is 294 g/mol. The largest absolute Gasteiger partial charge is 0.308 e. The molecule has 2 aromatic heterocycles. The van der Waals surface area contributed by atoms with Crippen molar-refractivity contribution in [1.82, 2.24) is 9.97 Å². The Morgan fingerprint density at radius 2 is 1.08 bits per heavy atom.